The molecule has 0 atom stereocenters. The molecule has 0 fully saturated rings. The van der Waals surface area contributed by atoms with Gasteiger partial charge in [0.05, 0.1) is 5.56 Å². The maximum absolute atomic E-state index is 11.1. The number of nitrogens with zero attached hydrogens (tertiary/aromatic N) is 1. The zero-order chi connectivity index (χ0) is 12.6. The van der Waals surface area contributed by atoms with Crippen LogP contribution >= 0.6 is 22.9 Å². The van der Waals surface area contributed by atoms with Gasteiger partial charge in [0.1, 0.15) is 4.34 Å². The van der Waals surface area contributed by atoms with Gasteiger partial charge in [-0.05, 0) is 17.9 Å². The molecule has 0 bridgehead atoms. The van der Waals surface area contributed by atoms with Crippen LogP contribution in [-0.4, -0.2) is 29.1 Å². The third-order valence-corrected chi connectivity index (χ3v) is 4.36. The summed E-state index contributed by atoms with van der Waals surface area (Å²) in [5.41, 5.74) is 1.28. The van der Waals surface area contributed by atoms with Crippen molar-refractivity contribution in [3.8, 4) is 0 Å². The molecule has 17 heavy (non-hydrogen) atoms. The highest BCUT2D eigenvalue weighted by molar-refractivity contribution is 7.16. The van der Waals surface area contributed by atoms with E-state index in [0.717, 1.165) is 36.5 Å². The molecule has 1 aliphatic heterocycles. The largest absolute Gasteiger partial charge is 0.478 e. The van der Waals surface area contributed by atoms with Crippen molar-refractivity contribution in [2.75, 3.05) is 13.1 Å². The molecule has 0 aromatic carbocycles. The van der Waals surface area contributed by atoms with Gasteiger partial charge < -0.3 is 5.11 Å². The van der Waals surface area contributed by atoms with Crippen molar-refractivity contribution in [3.05, 3.63) is 20.3 Å². The van der Waals surface area contributed by atoms with E-state index in [1.54, 1.807) is 0 Å². The molecule has 0 spiro atoms. The molecule has 1 N–H and O–H groups in total. The van der Waals surface area contributed by atoms with Gasteiger partial charge in [0.2, 0.25) is 0 Å². The second-order valence-corrected chi connectivity index (χ2v) is 6.54. The summed E-state index contributed by atoms with van der Waals surface area (Å²) in [5, 5.41) is 9.13. The van der Waals surface area contributed by atoms with E-state index in [-0.39, 0.29) is 0 Å². The van der Waals surface area contributed by atoms with Gasteiger partial charge in [0.15, 0.2) is 0 Å². The summed E-state index contributed by atoms with van der Waals surface area (Å²) in [6, 6.07) is 0. The molecule has 0 saturated carbocycles. The average Bonchev–Trinajstić information content (AvgIpc) is 2.51. The summed E-state index contributed by atoms with van der Waals surface area (Å²) in [6.45, 7) is 7.21. The van der Waals surface area contributed by atoms with E-state index < -0.39 is 5.97 Å². The number of carboxylic acid groups (broad SMARTS) is 1. The molecule has 0 saturated heterocycles. The molecular weight excluding hydrogens is 258 g/mol. The quantitative estimate of drug-likeness (QED) is 0.920. The highest BCUT2D eigenvalue weighted by atomic mass is 35.5. The third-order valence-electron chi connectivity index (χ3n) is 2.93. The zero-order valence-electron chi connectivity index (χ0n) is 9.99. The Morgan fingerprint density at radius 1 is 1.59 bits per heavy atom. The lowest BCUT2D eigenvalue weighted by Gasteiger charge is -2.28. The van der Waals surface area contributed by atoms with Crippen molar-refractivity contribution >= 4 is 28.9 Å². The number of carbonyl (C=O) groups is 1. The van der Waals surface area contributed by atoms with Crippen LogP contribution in [0.15, 0.2) is 0 Å². The molecule has 1 aromatic rings. The Balaban J connectivity index is 2.23. The number of rotatable bonds is 3. The number of fused-ring (bicyclic) bond motifs is 1. The Bertz CT molecular complexity index is 442. The highest BCUT2D eigenvalue weighted by Crippen LogP contribution is 2.36. The summed E-state index contributed by atoms with van der Waals surface area (Å²) in [5.74, 6) is -0.268. The van der Waals surface area contributed by atoms with Crippen LogP contribution in [0.25, 0.3) is 0 Å². The van der Waals surface area contributed by atoms with Crippen LogP contribution < -0.4 is 0 Å². The van der Waals surface area contributed by atoms with Crippen molar-refractivity contribution in [2.45, 2.75) is 26.8 Å². The molecular formula is C12H16ClNO2S. The lowest BCUT2D eigenvalue weighted by atomic mass is 10.0. The van der Waals surface area contributed by atoms with Crippen molar-refractivity contribution in [2.24, 2.45) is 5.92 Å². The topological polar surface area (TPSA) is 40.5 Å². The first-order chi connectivity index (χ1) is 7.99. The Morgan fingerprint density at radius 3 is 2.88 bits per heavy atom. The molecule has 3 nitrogen and oxygen atoms in total. The molecule has 0 unspecified atom stereocenters. The smallest absolute Gasteiger partial charge is 0.338 e. The van der Waals surface area contributed by atoms with Crippen LogP contribution in [0, 0.1) is 5.92 Å². The Labute approximate surface area is 110 Å². The minimum Gasteiger partial charge on any atom is -0.478 e. The summed E-state index contributed by atoms with van der Waals surface area (Å²) in [6.07, 6.45) is 0.799. The van der Waals surface area contributed by atoms with Crippen LogP contribution in [0.1, 0.15) is 34.6 Å². The first-order valence-corrected chi connectivity index (χ1v) is 6.94. The van der Waals surface area contributed by atoms with E-state index in [0.29, 0.717) is 15.8 Å². The molecule has 94 valence electrons. The monoisotopic (exact) mass is 273 g/mol. The van der Waals surface area contributed by atoms with Crippen LogP contribution in [0.4, 0.5) is 0 Å². The van der Waals surface area contributed by atoms with Gasteiger partial charge in [-0.15, -0.1) is 11.3 Å². The molecule has 1 aliphatic rings. The van der Waals surface area contributed by atoms with Crippen molar-refractivity contribution in [1.29, 1.82) is 0 Å². The van der Waals surface area contributed by atoms with E-state index in [4.69, 9.17) is 16.7 Å². The minimum absolute atomic E-state index is 0.330. The van der Waals surface area contributed by atoms with E-state index in [2.05, 4.69) is 18.7 Å². The number of hydrogen-bond donors (Lipinski definition) is 1. The number of thiophene rings is 1. The SMILES string of the molecule is CC(C)CN1CCc2c(sc(Cl)c2C(=O)O)C1. The number of carboxylic acids is 1. The first-order valence-electron chi connectivity index (χ1n) is 5.74. The fourth-order valence-corrected chi connectivity index (χ4v) is 3.89. The Morgan fingerprint density at radius 2 is 2.29 bits per heavy atom. The van der Waals surface area contributed by atoms with Gasteiger partial charge in [-0.1, -0.05) is 25.4 Å². The summed E-state index contributed by atoms with van der Waals surface area (Å²) >= 11 is 7.42. The Kier molecular flexibility index (Phi) is 3.76. The van der Waals surface area contributed by atoms with Crippen LogP contribution in [0.5, 0.6) is 0 Å². The lowest BCUT2D eigenvalue weighted by molar-refractivity contribution is 0.0695. The Hall–Kier alpha value is -0.580. The normalized spacial score (nSPS) is 16.2. The lowest BCUT2D eigenvalue weighted by Crippen LogP contribution is -2.33. The van der Waals surface area contributed by atoms with E-state index >= 15 is 0 Å². The van der Waals surface area contributed by atoms with Crippen molar-refractivity contribution in [1.82, 2.24) is 4.90 Å². The van der Waals surface area contributed by atoms with E-state index in [9.17, 15) is 4.79 Å². The predicted molar refractivity (Wildman–Crippen MR) is 70.1 cm³/mol. The maximum Gasteiger partial charge on any atom is 0.338 e. The van der Waals surface area contributed by atoms with Gasteiger partial charge in [-0.2, -0.15) is 0 Å². The summed E-state index contributed by atoms with van der Waals surface area (Å²) in [4.78, 5) is 14.6. The zero-order valence-corrected chi connectivity index (χ0v) is 11.6. The molecule has 0 aliphatic carbocycles. The summed E-state index contributed by atoms with van der Waals surface area (Å²) < 4.78 is 0.425. The minimum atomic E-state index is -0.898. The van der Waals surface area contributed by atoms with Gasteiger partial charge in [-0.3, -0.25) is 4.90 Å². The molecule has 0 amide bonds. The van der Waals surface area contributed by atoms with Crippen LogP contribution in [0.2, 0.25) is 4.34 Å². The first kappa shape index (κ1) is 12.9. The maximum atomic E-state index is 11.1. The van der Waals surface area contributed by atoms with Crippen LogP contribution in [0.3, 0.4) is 0 Å². The second kappa shape index (κ2) is 4.96. The average molecular weight is 274 g/mol. The predicted octanol–water partition coefficient (Wildman–Crippen LogP) is 3.11. The van der Waals surface area contributed by atoms with Gasteiger partial charge in [-0.25, -0.2) is 4.79 Å². The summed E-state index contributed by atoms with van der Waals surface area (Å²) in [7, 11) is 0. The second-order valence-electron chi connectivity index (χ2n) is 4.84. The van der Waals surface area contributed by atoms with Gasteiger partial charge in [0.25, 0.3) is 0 Å². The fraction of sp³-hybridized carbons (Fsp3) is 0.583. The van der Waals surface area contributed by atoms with E-state index in [1.807, 2.05) is 0 Å². The molecule has 0 radical (unpaired) electrons. The van der Waals surface area contributed by atoms with Gasteiger partial charge >= 0.3 is 5.97 Å². The highest BCUT2D eigenvalue weighted by Gasteiger charge is 2.27. The number of aromatic carboxylic acids is 1. The van der Waals surface area contributed by atoms with Gasteiger partial charge in [0, 0.05) is 24.5 Å². The number of halogens is 1. The molecule has 1 aromatic heterocycles. The fourth-order valence-electron chi connectivity index (χ4n) is 2.31. The molecule has 2 rings (SSSR count). The third kappa shape index (κ3) is 2.64. The molecule has 5 heteroatoms. The van der Waals surface area contributed by atoms with E-state index in [1.165, 1.54) is 11.3 Å². The van der Waals surface area contributed by atoms with Crippen LogP contribution in [-0.2, 0) is 13.0 Å². The number of hydrogen-bond acceptors (Lipinski definition) is 3. The van der Waals surface area contributed by atoms with Crippen molar-refractivity contribution in [3.63, 3.8) is 0 Å². The standard InChI is InChI=1S/C12H16ClNO2S/c1-7(2)5-14-4-3-8-9(6-14)17-11(13)10(8)12(15)16/h7H,3-6H2,1-2H3,(H,15,16). The molecule has 2 heterocycles. The van der Waals surface area contributed by atoms with Crippen molar-refractivity contribution < 1.29 is 9.90 Å².